The van der Waals surface area contributed by atoms with Crippen molar-refractivity contribution < 1.29 is 34.7 Å². The second-order valence-electron chi connectivity index (χ2n) is 3.34. The van der Waals surface area contributed by atoms with Crippen molar-refractivity contribution in [1.29, 1.82) is 0 Å². The first-order valence-electron chi connectivity index (χ1n) is 4.44. The van der Waals surface area contributed by atoms with E-state index in [0.717, 1.165) is 0 Å². The van der Waals surface area contributed by atoms with Crippen LogP contribution < -0.4 is 0 Å². The molecule has 7 nitrogen and oxygen atoms in total. The fourth-order valence-electron chi connectivity index (χ4n) is 1.27. The van der Waals surface area contributed by atoms with E-state index in [4.69, 9.17) is 14.9 Å². The predicted octanol–water partition coefficient (Wildman–Crippen LogP) is -2.65. The van der Waals surface area contributed by atoms with Crippen molar-refractivity contribution in [3.05, 3.63) is 0 Å². The van der Waals surface area contributed by atoms with E-state index in [9.17, 15) is 15.0 Å². The fourth-order valence-corrected chi connectivity index (χ4v) is 1.27. The van der Waals surface area contributed by atoms with Gasteiger partial charge in [0.15, 0.2) is 6.29 Å². The van der Waals surface area contributed by atoms with E-state index in [2.05, 4.69) is 4.74 Å². The Labute approximate surface area is 85.9 Å². The Morgan fingerprint density at radius 2 is 1.80 bits per heavy atom. The SMILES string of the molecule is CC(=O)OC[C@H]1O[C@H](O)[C@H](O)[C@H](O)[C@H]1O. The van der Waals surface area contributed by atoms with Gasteiger partial charge < -0.3 is 29.9 Å². The Balaban J connectivity index is 2.54. The molecule has 15 heavy (non-hydrogen) atoms. The van der Waals surface area contributed by atoms with Crippen LogP contribution in [0, 0.1) is 0 Å². The molecule has 0 aliphatic carbocycles. The number of aliphatic hydroxyl groups excluding tert-OH is 4. The predicted molar refractivity (Wildman–Crippen MR) is 45.5 cm³/mol. The number of ether oxygens (including phenoxy) is 2. The van der Waals surface area contributed by atoms with Crippen LogP contribution in [0.3, 0.4) is 0 Å². The van der Waals surface area contributed by atoms with Gasteiger partial charge in [-0.3, -0.25) is 4.79 Å². The number of carbonyl (C=O) groups excluding carboxylic acids is 1. The Kier molecular flexibility index (Phi) is 4.00. The zero-order valence-corrected chi connectivity index (χ0v) is 8.11. The molecule has 1 saturated heterocycles. The molecule has 88 valence electrons. The van der Waals surface area contributed by atoms with E-state index in [1.807, 2.05) is 0 Å². The average molecular weight is 222 g/mol. The molecule has 4 N–H and O–H groups in total. The number of carbonyl (C=O) groups is 1. The van der Waals surface area contributed by atoms with Crippen LogP contribution in [0.4, 0.5) is 0 Å². The highest BCUT2D eigenvalue weighted by molar-refractivity contribution is 5.65. The Bertz CT molecular complexity index is 231. The third-order valence-corrected chi connectivity index (χ3v) is 2.14. The summed E-state index contributed by atoms with van der Waals surface area (Å²) in [6, 6.07) is 0. The van der Waals surface area contributed by atoms with Gasteiger partial charge in [0.05, 0.1) is 0 Å². The lowest BCUT2D eigenvalue weighted by molar-refractivity contribution is -0.287. The van der Waals surface area contributed by atoms with Gasteiger partial charge in [0, 0.05) is 6.92 Å². The summed E-state index contributed by atoms with van der Waals surface area (Å²) in [4.78, 5) is 10.5. The summed E-state index contributed by atoms with van der Waals surface area (Å²) in [5.41, 5.74) is 0. The number of hydrogen-bond donors (Lipinski definition) is 4. The summed E-state index contributed by atoms with van der Waals surface area (Å²) in [5.74, 6) is -0.569. The molecule has 7 heteroatoms. The lowest BCUT2D eigenvalue weighted by atomic mass is 9.99. The van der Waals surface area contributed by atoms with Crippen LogP contribution in [0.5, 0.6) is 0 Å². The summed E-state index contributed by atoms with van der Waals surface area (Å²) in [7, 11) is 0. The monoisotopic (exact) mass is 222 g/mol. The Hall–Kier alpha value is -0.730. The normalized spacial score (nSPS) is 41.3. The zero-order chi connectivity index (χ0) is 11.6. The van der Waals surface area contributed by atoms with E-state index >= 15 is 0 Å². The van der Waals surface area contributed by atoms with E-state index < -0.39 is 36.7 Å². The largest absolute Gasteiger partial charge is 0.463 e. The van der Waals surface area contributed by atoms with Crippen LogP contribution in [0.1, 0.15) is 6.92 Å². The molecule has 0 radical (unpaired) electrons. The van der Waals surface area contributed by atoms with Gasteiger partial charge in [-0.15, -0.1) is 0 Å². The van der Waals surface area contributed by atoms with Crippen molar-refractivity contribution in [3.63, 3.8) is 0 Å². The summed E-state index contributed by atoms with van der Waals surface area (Å²) in [5, 5.41) is 36.9. The van der Waals surface area contributed by atoms with Gasteiger partial charge in [0.25, 0.3) is 0 Å². The maximum absolute atomic E-state index is 10.5. The molecule has 1 heterocycles. The molecule has 0 saturated carbocycles. The highest BCUT2D eigenvalue weighted by Gasteiger charge is 2.43. The smallest absolute Gasteiger partial charge is 0.302 e. The van der Waals surface area contributed by atoms with Crippen molar-refractivity contribution in [2.45, 2.75) is 37.6 Å². The van der Waals surface area contributed by atoms with Crippen molar-refractivity contribution in [3.8, 4) is 0 Å². The molecular formula is C8H14O7. The number of hydrogen-bond acceptors (Lipinski definition) is 7. The maximum atomic E-state index is 10.5. The van der Waals surface area contributed by atoms with Gasteiger partial charge in [-0.2, -0.15) is 0 Å². The van der Waals surface area contributed by atoms with Crippen LogP contribution in [0.25, 0.3) is 0 Å². The number of esters is 1. The number of rotatable bonds is 2. The first-order valence-corrected chi connectivity index (χ1v) is 4.44. The number of aliphatic hydroxyl groups is 4. The van der Waals surface area contributed by atoms with Gasteiger partial charge in [-0.1, -0.05) is 0 Å². The molecule has 1 aliphatic heterocycles. The second kappa shape index (κ2) is 4.86. The average Bonchev–Trinajstić information content (AvgIpc) is 2.18. The zero-order valence-electron chi connectivity index (χ0n) is 8.11. The van der Waals surface area contributed by atoms with Gasteiger partial charge in [-0.25, -0.2) is 0 Å². The van der Waals surface area contributed by atoms with Crippen LogP contribution >= 0.6 is 0 Å². The molecule has 1 aliphatic rings. The molecule has 0 unspecified atom stereocenters. The minimum absolute atomic E-state index is 0.294. The molecule has 0 aromatic rings. The molecule has 5 atom stereocenters. The summed E-state index contributed by atoms with van der Waals surface area (Å²) < 4.78 is 9.31. The summed E-state index contributed by atoms with van der Waals surface area (Å²) in [6.07, 6.45) is -7.18. The molecule has 0 aromatic carbocycles. The third kappa shape index (κ3) is 2.86. The van der Waals surface area contributed by atoms with E-state index in [0.29, 0.717) is 0 Å². The van der Waals surface area contributed by atoms with Crippen molar-refractivity contribution >= 4 is 5.97 Å². The molecule has 1 fully saturated rings. The first kappa shape index (κ1) is 12.3. The van der Waals surface area contributed by atoms with Gasteiger partial charge in [0.2, 0.25) is 0 Å². The Morgan fingerprint density at radius 1 is 1.20 bits per heavy atom. The minimum Gasteiger partial charge on any atom is -0.463 e. The van der Waals surface area contributed by atoms with Crippen molar-refractivity contribution in [2.24, 2.45) is 0 Å². The highest BCUT2D eigenvalue weighted by atomic mass is 16.6. The van der Waals surface area contributed by atoms with E-state index in [1.54, 1.807) is 0 Å². The standard InChI is InChI=1S/C8H14O7/c1-3(9)14-2-4-5(10)6(11)7(12)8(13)15-4/h4-8,10-13H,2H2,1H3/t4-,5+,6-,7-,8+/m1/s1. The van der Waals surface area contributed by atoms with Gasteiger partial charge in [0.1, 0.15) is 31.0 Å². The van der Waals surface area contributed by atoms with Crippen LogP contribution in [-0.4, -0.2) is 63.7 Å². The van der Waals surface area contributed by atoms with Crippen molar-refractivity contribution in [2.75, 3.05) is 6.61 Å². The molecule has 0 amide bonds. The second-order valence-corrected chi connectivity index (χ2v) is 3.34. The molecule has 0 spiro atoms. The minimum atomic E-state index is -1.61. The molecule has 0 bridgehead atoms. The lowest BCUT2D eigenvalue weighted by Gasteiger charge is -2.37. The highest BCUT2D eigenvalue weighted by Crippen LogP contribution is 2.19. The van der Waals surface area contributed by atoms with E-state index in [-0.39, 0.29) is 6.61 Å². The fraction of sp³-hybridized carbons (Fsp3) is 0.875. The van der Waals surface area contributed by atoms with Crippen LogP contribution in [0.15, 0.2) is 0 Å². The van der Waals surface area contributed by atoms with Crippen LogP contribution in [-0.2, 0) is 14.3 Å². The molecule has 1 rings (SSSR count). The van der Waals surface area contributed by atoms with Gasteiger partial charge in [-0.05, 0) is 0 Å². The van der Waals surface area contributed by atoms with Crippen molar-refractivity contribution in [1.82, 2.24) is 0 Å². The molecular weight excluding hydrogens is 208 g/mol. The summed E-state index contributed by atoms with van der Waals surface area (Å²) in [6.45, 7) is 0.883. The summed E-state index contributed by atoms with van der Waals surface area (Å²) >= 11 is 0. The Morgan fingerprint density at radius 3 is 2.33 bits per heavy atom. The van der Waals surface area contributed by atoms with E-state index in [1.165, 1.54) is 6.92 Å². The molecule has 0 aromatic heterocycles. The van der Waals surface area contributed by atoms with Crippen LogP contribution in [0.2, 0.25) is 0 Å². The third-order valence-electron chi connectivity index (χ3n) is 2.14. The topological polar surface area (TPSA) is 116 Å². The quantitative estimate of drug-likeness (QED) is 0.377. The van der Waals surface area contributed by atoms with Gasteiger partial charge >= 0.3 is 5.97 Å². The lowest BCUT2D eigenvalue weighted by Crippen LogP contribution is -2.58. The first-order chi connectivity index (χ1) is 6.93. The maximum Gasteiger partial charge on any atom is 0.302 e.